The summed E-state index contributed by atoms with van der Waals surface area (Å²) in [6.45, 7) is 4.46. The molecule has 8 nitrogen and oxygen atoms in total. The minimum atomic E-state index is -0.281. The SMILES string of the molecule is NC(=O)C1CCN(C(=O)c2ccc(CSc3nc(Cl)cc(N4CCN(c5cccc(Cl)c5)CC4)n3)cc2)CC1. The summed E-state index contributed by atoms with van der Waals surface area (Å²) in [6, 6.07) is 17.3. The number of hydrogen-bond donors (Lipinski definition) is 1. The number of carbonyl (C=O) groups is 2. The van der Waals surface area contributed by atoms with Crippen LogP contribution in [0.4, 0.5) is 11.5 Å². The monoisotopic (exact) mass is 584 g/mol. The molecule has 204 valence electrons. The number of amides is 2. The molecule has 3 heterocycles. The van der Waals surface area contributed by atoms with E-state index in [2.05, 4.69) is 20.9 Å². The number of nitrogens with zero attached hydrogens (tertiary/aromatic N) is 5. The highest BCUT2D eigenvalue weighted by Gasteiger charge is 2.26. The summed E-state index contributed by atoms with van der Waals surface area (Å²) in [7, 11) is 0. The maximum Gasteiger partial charge on any atom is 0.253 e. The van der Waals surface area contributed by atoms with Crippen LogP contribution in [0.25, 0.3) is 0 Å². The van der Waals surface area contributed by atoms with Gasteiger partial charge in [0.05, 0.1) is 0 Å². The first-order valence-corrected chi connectivity index (χ1v) is 14.7. The molecular formula is C28H30Cl2N6O2S. The van der Waals surface area contributed by atoms with E-state index < -0.39 is 0 Å². The fourth-order valence-electron chi connectivity index (χ4n) is 4.92. The van der Waals surface area contributed by atoms with Crippen LogP contribution in [0.2, 0.25) is 10.2 Å². The predicted octanol–water partition coefficient (Wildman–Crippen LogP) is 4.74. The summed E-state index contributed by atoms with van der Waals surface area (Å²) in [6.07, 6.45) is 1.24. The molecular weight excluding hydrogens is 555 g/mol. The van der Waals surface area contributed by atoms with Gasteiger partial charge < -0.3 is 20.4 Å². The van der Waals surface area contributed by atoms with Gasteiger partial charge in [-0.05, 0) is 48.7 Å². The lowest BCUT2D eigenvalue weighted by molar-refractivity contribution is -0.123. The summed E-state index contributed by atoms with van der Waals surface area (Å²) in [5.41, 5.74) is 8.22. The van der Waals surface area contributed by atoms with Gasteiger partial charge in [0.15, 0.2) is 5.16 Å². The first-order valence-electron chi connectivity index (χ1n) is 13.0. The van der Waals surface area contributed by atoms with Crippen molar-refractivity contribution in [3.05, 3.63) is 75.9 Å². The minimum Gasteiger partial charge on any atom is -0.369 e. The van der Waals surface area contributed by atoms with Crippen LogP contribution in [0.15, 0.2) is 59.8 Å². The molecule has 1 aromatic heterocycles. The summed E-state index contributed by atoms with van der Waals surface area (Å²) in [5, 5.41) is 1.77. The number of piperazine rings is 1. The molecule has 0 aliphatic carbocycles. The molecule has 2 fully saturated rings. The van der Waals surface area contributed by atoms with E-state index in [1.54, 1.807) is 4.90 Å². The van der Waals surface area contributed by atoms with Gasteiger partial charge in [-0.2, -0.15) is 0 Å². The fourth-order valence-corrected chi connectivity index (χ4v) is 6.14. The van der Waals surface area contributed by atoms with E-state index >= 15 is 0 Å². The normalized spacial score (nSPS) is 16.4. The number of carbonyl (C=O) groups excluding carboxylic acids is 2. The molecule has 2 aromatic carbocycles. The lowest BCUT2D eigenvalue weighted by atomic mass is 9.96. The van der Waals surface area contributed by atoms with Crippen LogP contribution in [-0.4, -0.2) is 66.0 Å². The van der Waals surface area contributed by atoms with Crippen molar-refractivity contribution in [1.82, 2.24) is 14.9 Å². The van der Waals surface area contributed by atoms with Crippen LogP contribution in [0.5, 0.6) is 0 Å². The Morgan fingerprint density at radius 3 is 2.26 bits per heavy atom. The first kappa shape index (κ1) is 27.6. The first-order chi connectivity index (χ1) is 18.9. The van der Waals surface area contributed by atoms with Gasteiger partial charge in [0.25, 0.3) is 5.91 Å². The lowest BCUT2D eigenvalue weighted by Crippen LogP contribution is -2.46. The zero-order chi connectivity index (χ0) is 27.4. The van der Waals surface area contributed by atoms with Crippen molar-refractivity contribution in [3.8, 4) is 0 Å². The zero-order valence-electron chi connectivity index (χ0n) is 21.4. The molecule has 0 radical (unpaired) electrons. The van der Waals surface area contributed by atoms with E-state index in [0.29, 0.717) is 47.6 Å². The Bertz CT molecular complexity index is 1330. The summed E-state index contributed by atoms with van der Waals surface area (Å²) in [4.78, 5) is 39.8. The number of nitrogens with two attached hydrogens (primary N) is 1. The van der Waals surface area contributed by atoms with E-state index in [1.165, 1.54) is 11.8 Å². The Labute approximate surface area is 242 Å². The Kier molecular flexibility index (Phi) is 8.79. The van der Waals surface area contributed by atoms with Crippen molar-refractivity contribution in [2.45, 2.75) is 23.8 Å². The molecule has 0 spiro atoms. The van der Waals surface area contributed by atoms with Crippen molar-refractivity contribution in [3.63, 3.8) is 0 Å². The van der Waals surface area contributed by atoms with Crippen molar-refractivity contribution in [2.24, 2.45) is 11.7 Å². The van der Waals surface area contributed by atoms with Crippen molar-refractivity contribution < 1.29 is 9.59 Å². The predicted molar refractivity (Wildman–Crippen MR) is 157 cm³/mol. The summed E-state index contributed by atoms with van der Waals surface area (Å²) in [5.74, 6) is 1.04. The van der Waals surface area contributed by atoms with Gasteiger partial charge in [-0.15, -0.1) is 0 Å². The van der Waals surface area contributed by atoms with Gasteiger partial charge in [0.2, 0.25) is 5.91 Å². The van der Waals surface area contributed by atoms with Crippen LogP contribution < -0.4 is 15.5 Å². The molecule has 2 saturated heterocycles. The van der Waals surface area contributed by atoms with Crippen LogP contribution in [0.3, 0.4) is 0 Å². The maximum atomic E-state index is 12.9. The second-order valence-corrected chi connectivity index (χ2v) is 11.5. The Hall–Kier alpha value is -3.01. The molecule has 5 rings (SSSR count). The van der Waals surface area contributed by atoms with Gasteiger partial charge in [-0.3, -0.25) is 9.59 Å². The molecule has 2 N–H and O–H groups in total. The third-order valence-corrected chi connectivity index (χ3v) is 8.54. The van der Waals surface area contributed by atoms with E-state index in [9.17, 15) is 9.59 Å². The zero-order valence-corrected chi connectivity index (χ0v) is 23.8. The molecule has 39 heavy (non-hydrogen) atoms. The molecule has 0 saturated carbocycles. The molecule has 0 unspecified atom stereocenters. The highest BCUT2D eigenvalue weighted by atomic mass is 35.5. The largest absolute Gasteiger partial charge is 0.369 e. The highest BCUT2D eigenvalue weighted by Crippen LogP contribution is 2.27. The number of hydrogen-bond acceptors (Lipinski definition) is 7. The van der Waals surface area contributed by atoms with E-state index in [-0.39, 0.29) is 17.7 Å². The van der Waals surface area contributed by atoms with Crippen LogP contribution in [0, 0.1) is 5.92 Å². The number of likely N-dealkylation sites (tertiary alicyclic amines) is 1. The van der Waals surface area contributed by atoms with Gasteiger partial charge >= 0.3 is 0 Å². The standard InChI is InChI=1S/C28H30Cl2N6O2S/c29-22-2-1-3-23(16-22)34-12-14-35(15-13-34)25-17-24(30)32-28(33-25)39-18-19-4-6-21(7-5-19)27(38)36-10-8-20(9-11-36)26(31)37/h1-7,16-17,20H,8-15,18H2,(H2,31,37). The minimum absolute atomic E-state index is 0.0181. The third kappa shape index (κ3) is 6.96. The van der Waals surface area contributed by atoms with Crippen molar-refractivity contribution in [1.29, 1.82) is 0 Å². The Balaban J connectivity index is 1.15. The molecule has 11 heteroatoms. The molecule has 2 aliphatic rings. The van der Waals surface area contributed by atoms with Gasteiger partial charge in [0, 0.05) is 73.3 Å². The Morgan fingerprint density at radius 2 is 1.59 bits per heavy atom. The lowest BCUT2D eigenvalue weighted by Gasteiger charge is -2.36. The summed E-state index contributed by atoms with van der Waals surface area (Å²) < 4.78 is 0. The van der Waals surface area contributed by atoms with Gasteiger partial charge in [0.1, 0.15) is 11.0 Å². The maximum absolute atomic E-state index is 12.9. The topological polar surface area (TPSA) is 95.7 Å². The Morgan fingerprint density at radius 1 is 0.897 bits per heavy atom. The highest BCUT2D eigenvalue weighted by molar-refractivity contribution is 7.98. The third-order valence-electron chi connectivity index (χ3n) is 7.19. The number of benzene rings is 2. The van der Waals surface area contributed by atoms with E-state index in [4.69, 9.17) is 33.9 Å². The van der Waals surface area contributed by atoms with Crippen molar-refractivity contribution in [2.75, 3.05) is 49.1 Å². The van der Waals surface area contributed by atoms with Crippen LogP contribution in [0.1, 0.15) is 28.8 Å². The van der Waals surface area contributed by atoms with Crippen LogP contribution >= 0.6 is 35.0 Å². The second kappa shape index (κ2) is 12.4. The molecule has 3 aromatic rings. The number of thioether (sulfide) groups is 1. The molecule has 0 atom stereocenters. The smallest absolute Gasteiger partial charge is 0.253 e. The van der Waals surface area contributed by atoms with E-state index in [1.807, 2.05) is 48.5 Å². The second-order valence-electron chi connectivity index (χ2n) is 9.74. The molecule has 2 amide bonds. The number of primary amides is 1. The van der Waals surface area contributed by atoms with E-state index in [0.717, 1.165) is 48.3 Å². The van der Waals surface area contributed by atoms with Crippen LogP contribution in [-0.2, 0) is 10.5 Å². The number of anilines is 2. The number of piperidine rings is 1. The number of rotatable bonds is 7. The van der Waals surface area contributed by atoms with Gasteiger partial charge in [-0.1, -0.05) is 53.2 Å². The number of aromatic nitrogens is 2. The molecule has 2 aliphatic heterocycles. The fraction of sp³-hybridized carbons (Fsp3) is 0.357. The number of halogens is 2. The van der Waals surface area contributed by atoms with Crippen molar-refractivity contribution >= 4 is 58.3 Å². The van der Waals surface area contributed by atoms with Gasteiger partial charge in [-0.25, -0.2) is 9.97 Å². The molecule has 0 bridgehead atoms. The quantitative estimate of drug-likeness (QED) is 0.243. The summed E-state index contributed by atoms with van der Waals surface area (Å²) >= 11 is 14.0. The average Bonchev–Trinajstić information content (AvgIpc) is 2.96. The average molecular weight is 586 g/mol.